The summed E-state index contributed by atoms with van der Waals surface area (Å²) in [7, 11) is -3.97. The molecule has 2 aliphatic heterocycles. The fourth-order valence-electron chi connectivity index (χ4n) is 8.22. The second-order valence-electron chi connectivity index (χ2n) is 17.1. The van der Waals surface area contributed by atoms with Crippen LogP contribution < -0.4 is 20.4 Å². The first kappa shape index (κ1) is 43.9. The van der Waals surface area contributed by atoms with Crippen molar-refractivity contribution in [3.05, 3.63) is 135 Å². The molecule has 0 bridgehead atoms. The lowest BCUT2D eigenvalue weighted by molar-refractivity contribution is -0.155. The summed E-state index contributed by atoms with van der Waals surface area (Å²) in [5, 5.41) is 18.9. The molecule has 3 atom stereocenters. The zero-order chi connectivity index (χ0) is 45.7. The molecular weight excluding hydrogens is 845 g/mol. The monoisotopic (exact) mass is 894 g/mol. The number of amides is 1. The Labute approximate surface area is 377 Å². The Balaban J connectivity index is 0.959. The number of sulfonamides is 1. The Morgan fingerprint density at radius 2 is 1.61 bits per heavy atom. The molecule has 2 aromatic heterocycles. The van der Waals surface area contributed by atoms with Crippen LogP contribution in [0.1, 0.15) is 103 Å². The van der Waals surface area contributed by atoms with Gasteiger partial charge in [0.25, 0.3) is 15.9 Å². The number of amidine groups is 1. The number of aromatic nitrogens is 1. The number of anilines is 2. The highest BCUT2D eigenvalue weighted by Gasteiger charge is 2.41. The number of fused-ring (bicyclic) bond motifs is 4. The van der Waals surface area contributed by atoms with Crippen LogP contribution in [0.15, 0.2) is 106 Å². The maximum absolute atomic E-state index is 13.4. The van der Waals surface area contributed by atoms with Crippen LogP contribution in [0.2, 0.25) is 0 Å². The number of nitrogens with zero attached hydrogens (tertiary/aromatic N) is 4. The van der Waals surface area contributed by atoms with E-state index in [1.165, 1.54) is 17.0 Å². The number of hydrogen-bond donors (Lipinski definition) is 4. The van der Waals surface area contributed by atoms with Crippen molar-refractivity contribution in [2.24, 2.45) is 10.1 Å². The van der Waals surface area contributed by atoms with E-state index in [9.17, 15) is 23.3 Å². The van der Waals surface area contributed by atoms with Crippen LogP contribution >= 0.6 is 11.3 Å². The van der Waals surface area contributed by atoms with Crippen LogP contribution in [0.5, 0.6) is 0 Å². The number of ether oxygens (including phenoxy) is 1. The van der Waals surface area contributed by atoms with Gasteiger partial charge in [0.1, 0.15) is 34.7 Å². The zero-order valence-corrected chi connectivity index (χ0v) is 38.6. The molecule has 0 aliphatic carbocycles. The number of benzene rings is 4. The molecule has 6 aromatic rings. The minimum absolute atomic E-state index is 0.0619. The number of hydrazone groups is 1. The fourth-order valence-corrected chi connectivity index (χ4v) is 10.5. The van der Waals surface area contributed by atoms with Crippen molar-refractivity contribution in [2.75, 3.05) is 9.62 Å². The smallest absolute Gasteiger partial charge is 0.308 e. The summed E-state index contributed by atoms with van der Waals surface area (Å²) in [6.07, 6.45) is 2.01. The van der Waals surface area contributed by atoms with Crippen LogP contribution in [0.4, 0.5) is 10.7 Å². The summed E-state index contributed by atoms with van der Waals surface area (Å²) >= 11 is 1.69. The van der Waals surface area contributed by atoms with E-state index in [2.05, 4.69) is 50.4 Å². The highest BCUT2D eigenvalue weighted by molar-refractivity contribution is 7.92. The number of rotatable bonds is 11. The molecule has 0 saturated heterocycles. The molecule has 328 valence electrons. The quantitative estimate of drug-likeness (QED) is 0.0929. The summed E-state index contributed by atoms with van der Waals surface area (Å²) < 4.78 is 35.3. The third-order valence-corrected chi connectivity index (χ3v) is 14.2. The van der Waals surface area contributed by atoms with Gasteiger partial charge in [-0.3, -0.25) is 29.6 Å². The van der Waals surface area contributed by atoms with Gasteiger partial charge in [-0.05, 0) is 113 Å². The number of carbonyl (C=O) groups is 2. The van der Waals surface area contributed by atoms with Gasteiger partial charge >= 0.3 is 5.97 Å². The minimum atomic E-state index is -3.97. The highest BCUT2D eigenvalue weighted by Crippen LogP contribution is 2.42. The van der Waals surface area contributed by atoms with Gasteiger partial charge in [0.15, 0.2) is 0 Å². The maximum atomic E-state index is 13.4. The number of esters is 1. The van der Waals surface area contributed by atoms with E-state index in [0.717, 1.165) is 55.5 Å². The standard InChI is InChI=1S/C49H50N8O5S2/c1-9-31-20-23-39(45-43(31)37(25-50)26-51-45)56-64(60,61)38-21-18-32(19-22-38)28(3)52-47(59)36-16-12-34(13-17-36)33-10-14-35(15-11-33)44-42-27(2)29(4)63-48(42)57-30(5)54-55-46(57)40(53-44)24-41(58)62-49(6,7)8/h10-23,26,28,40,46,51,55-56H,9,24H2,1-8H3,(H,52,59)/t28-,40+,46?/m1/s1. The summed E-state index contributed by atoms with van der Waals surface area (Å²) in [6, 6.07) is 26.7. The molecule has 4 heterocycles. The number of thiophene rings is 1. The lowest BCUT2D eigenvalue weighted by Gasteiger charge is -2.28. The molecule has 13 nitrogen and oxygen atoms in total. The van der Waals surface area contributed by atoms with Gasteiger partial charge in [0.05, 0.1) is 39.8 Å². The van der Waals surface area contributed by atoms with Gasteiger partial charge in [-0.15, -0.1) is 11.3 Å². The van der Waals surface area contributed by atoms with E-state index in [-0.39, 0.29) is 29.4 Å². The van der Waals surface area contributed by atoms with Crippen LogP contribution in [0.3, 0.4) is 0 Å². The molecule has 2 aliphatic rings. The third-order valence-electron chi connectivity index (χ3n) is 11.6. The Hall–Kier alpha value is -6.76. The molecule has 0 saturated carbocycles. The molecular formula is C49H50N8O5S2. The van der Waals surface area contributed by atoms with Crippen molar-refractivity contribution in [1.82, 2.24) is 15.7 Å². The second-order valence-corrected chi connectivity index (χ2v) is 20.0. The van der Waals surface area contributed by atoms with Crippen molar-refractivity contribution >= 4 is 66.4 Å². The number of aromatic amines is 1. The van der Waals surface area contributed by atoms with Crippen molar-refractivity contribution in [2.45, 2.75) is 97.0 Å². The predicted molar refractivity (Wildman–Crippen MR) is 254 cm³/mol. The van der Waals surface area contributed by atoms with Crippen molar-refractivity contribution in [3.8, 4) is 17.2 Å². The lowest BCUT2D eigenvalue weighted by atomic mass is 9.96. The molecule has 0 spiro atoms. The number of nitriles is 1. The Kier molecular flexibility index (Phi) is 11.7. The first-order valence-electron chi connectivity index (χ1n) is 21.1. The Morgan fingerprint density at radius 3 is 2.25 bits per heavy atom. The topological polar surface area (TPSA) is 181 Å². The lowest BCUT2D eigenvalue weighted by Crippen LogP contribution is -2.47. The number of aryl methyl sites for hydroxylation is 2. The summed E-state index contributed by atoms with van der Waals surface area (Å²) in [6.45, 7) is 15.6. The average Bonchev–Trinajstić information content (AvgIpc) is 3.94. The summed E-state index contributed by atoms with van der Waals surface area (Å²) in [4.78, 5) is 38.3. The minimum Gasteiger partial charge on any atom is -0.460 e. The average molecular weight is 895 g/mol. The van der Waals surface area contributed by atoms with Crippen LogP contribution in [0.25, 0.3) is 22.0 Å². The number of hydrogen-bond acceptors (Lipinski definition) is 11. The van der Waals surface area contributed by atoms with Crippen LogP contribution in [-0.4, -0.2) is 54.6 Å². The third kappa shape index (κ3) is 8.50. The first-order chi connectivity index (χ1) is 30.5. The first-order valence-corrected chi connectivity index (χ1v) is 23.4. The summed E-state index contributed by atoms with van der Waals surface area (Å²) in [5.41, 5.74) is 11.9. The van der Waals surface area contributed by atoms with Gasteiger partial charge in [-0.1, -0.05) is 61.5 Å². The van der Waals surface area contributed by atoms with Crippen LogP contribution in [0, 0.1) is 25.2 Å². The molecule has 64 heavy (non-hydrogen) atoms. The second kappa shape index (κ2) is 17.1. The normalized spacial score (nSPS) is 16.4. The molecule has 8 rings (SSSR count). The Morgan fingerprint density at radius 1 is 0.953 bits per heavy atom. The van der Waals surface area contributed by atoms with Crippen molar-refractivity contribution in [3.63, 3.8) is 0 Å². The molecule has 15 heteroatoms. The largest absolute Gasteiger partial charge is 0.460 e. The number of carbonyl (C=O) groups excluding carboxylic acids is 2. The molecule has 1 unspecified atom stereocenters. The van der Waals surface area contributed by atoms with E-state index in [0.29, 0.717) is 34.1 Å². The molecule has 4 N–H and O–H groups in total. The molecule has 1 amide bonds. The number of nitrogens with one attached hydrogen (secondary N) is 4. The predicted octanol–water partition coefficient (Wildman–Crippen LogP) is 9.26. The molecule has 4 aromatic carbocycles. The number of aliphatic imine (C=N–C) groups is 1. The van der Waals surface area contributed by atoms with Crippen molar-refractivity contribution < 1.29 is 22.7 Å². The maximum Gasteiger partial charge on any atom is 0.308 e. The van der Waals surface area contributed by atoms with Crippen LogP contribution in [-0.2, 0) is 26.0 Å². The van der Waals surface area contributed by atoms with Gasteiger partial charge in [0, 0.05) is 33.2 Å². The zero-order valence-electron chi connectivity index (χ0n) is 37.0. The SMILES string of the molecule is CCc1ccc(NS(=O)(=O)c2ccc([C@@H](C)NC(=O)c3ccc(-c4ccc(C5=N[C@@H](CC(=O)OC(C)(C)C)C6NN=C(C)N6c6sc(C)c(C)c65)cc4)cc3)cc2)c2[nH]cc(C#N)c12. The van der Waals surface area contributed by atoms with E-state index >= 15 is 0 Å². The highest BCUT2D eigenvalue weighted by atomic mass is 32.2. The van der Waals surface area contributed by atoms with Gasteiger partial charge in [0.2, 0.25) is 0 Å². The van der Waals surface area contributed by atoms with Crippen molar-refractivity contribution in [1.29, 1.82) is 5.26 Å². The van der Waals surface area contributed by atoms with E-state index in [1.54, 1.807) is 47.9 Å². The molecule has 0 fully saturated rings. The van der Waals surface area contributed by atoms with E-state index < -0.39 is 27.7 Å². The van der Waals surface area contributed by atoms with Gasteiger partial charge < -0.3 is 15.0 Å². The van der Waals surface area contributed by atoms with Gasteiger partial charge in [-0.2, -0.15) is 10.4 Å². The number of H-pyrrole nitrogens is 1. The fraction of sp³-hybridized carbons (Fsp3) is 0.286. The molecule has 0 radical (unpaired) electrons. The Bertz CT molecular complexity index is 3010. The van der Waals surface area contributed by atoms with E-state index in [1.807, 2.05) is 84.0 Å². The van der Waals surface area contributed by atoms with E-state index in [4.69, 9.17) is 9.73 Å². The van der Waals surface area contributed by atoms with Gasteiger partial charge in [-0.25, -0.2) is 8.42 Å². The summed E-state index contributed by atoms with van der Waals surface area (Å²) in [5.74, 6) is 0.213.